The van der Waals surface area contributed by atoms with Crippen molar-refractivity contribution in [2.75, 3.05) is 0 Å². The molecule has 1 aromatic carbocycles. The summed E-state index contributed by atoms with van der Waals surface area (Å²) in [7, 11) is 0. The van der Waals surface area contributed by atoms with Crippen LogP contribution in [-0.4, -0.2) is 17.1 Å². The van der Waals surface area contributed by atoms with Gasteiger partial charge in [0.1, 0.15) is 5.52 Å². The van der Waals surface area contributed by atoms with Crippen LogP contribution in [0.4, 0.5) is 0 Å². The zero-order valence-electron chi connectivity index (χ0n) is 9.94. The van der Waals surface area contributed by atoms with Gasteiger partial charge in [0.2, 0.25) is 0 Å². The van der Waals surface area contributed by atoms with Crippen molar-refractivity contribution >= 4 is 11.1 Å². The van der Waals surface area contributed by atoms with Crippen LogP contribution in [0.3, 0.4) is 0 Å². The number of hydrogen-bond donors (Lipinski definition) is 1. The SMILES string of the molecule is Cc1ccc2oc(C3CC4CCC3N4)nc2c1. The third kappa shape index (κ3) is 1.42. The van der Waals surface area contributed by atoms with E-state index >= 15 is 0 Å². The van der Waals surface area contributed by atoms with Crippen LogP contribution in [0.5, 0.6) is 0 Å². The molecule has 0 spiro atoms. The molecule has 3 heterocycles. The molecule has 0 amide bonds. The first-order valence-electron chi connectivity index (χ1n) is 6.43. The van der Waals surface area contributed by atoms with Gasteiger partial charge in [-0.3, -0.25) is 0 Å². The number of hydrogen-bond acceptors (Lipinski definition) is 3. The topological polar surface area (TPSA) is 38.1 Å². The van der Waals surface area contributed by atoms with Gasteiger partial charge in [-0.15, -0.1) is 0 Å². The summed E-state index contributed by atoms with van der Waals surface area (Å²) >= 11 is 0. The van der Waals surface area contributed by atoms with Crippen LogP contribution in [0.1, 0.15) is 36.6 Å². The molecular formula is C14H16N2O. The summed E-state index contributed by atoms with van der Waals surface area (Å²) in [5.41, 5.74) is 3.17. The fourth-order valence-electron chi connectivity index (χ4n) is 3.31. The lowest BCUT2D eigenvalue weighted by atomic mass is 9.89. The molecule has 88 valence electrons. The number of rotatable bonds is 1. The maximum atomic E-state index is 5.91. The Kier molecular flexibility index (Phi) is 1.89. The fourth-order valence-corrected chi connectivity index (χ4v) is 3.31. The second kappa shape index (κ2) is 3.33. The van der Waals surface area contributed by atoms with E-state index in [4.69, 9.17) is 4.42 Å². The van der Waals surface area contributed by atoms with E-state index in [2.05, 4.69) is 29.4 Å². The minimum Gasteiger partial charge on any atom is -0.440 e. The van der Waals surface area contributed by atoms with E-state index in [1.54, 1.807) is 0 Å². The van der Waals surface area contributed by atoms with Crippen LogP contribution in [0.15, 0.2) is 22.6 Å². The molecule has 17 heavy (non-hydrogen) atoms. The molecular weight excluding hydrogens is 212 g/mol. The first-order chi connectivity index (χ1) is 8.29. The van der Waals surface area contributed by atoms with Gasteiger partial charge in [0.05, 0.1) is 5.92 Å². The Balaban J connectivity index is 1.76. The number of benzene rings is 1. The number of aromatic nitrogens is 1. The van der Waals surface area contributed by atoms with E-state index in [0.29, 0.717) is 18.0 Å². The Labute approximate surface area is 100 Å². The van der Waals surface area contributed by atoms with Gasteiger partial charge in [-0.25, -0.2) is 4.98 Å². The van der Waals surface area contributed by atoms with E-state index in [1.165, 1.54) is 24.8 Å². The van der Waals surface area contributed by atoms with E-state index in [1.807, 2.05) is 6.07 Å². The average Bonchev–Trinajstić information content (AvgIpc) is 3.01. The zero-order chi connectivity index (χ0) is 11.4. The lowest BCUT2D eigenvalue weighted by Gasteiger charge is -2.15. The normalized spacial score (nSPS) is 31.5. The largest absolute Gasteiger partial charge is 0.440 e. The van der Waals surface area contributed by atoms with Crippen molar-refractivity contribution in [3.05, 3.63) is 29.7 Å². The van der Waals surface area contributed by atoms with E-state index < -0.39 is 0 Å². The van der Waals surface area contributed by atoms with Gasteiger partial charge in [-0.05, 0) is 43.9 Å². The molecule has 2 saturated heterocycles. The molecule has 2 aromatic rings. The van der Waals surface area contributed by atoms with Crippen molar-refractivity contribution in [1.82, 2.24) is 10.3 Å². The molecule has 4 rings (SSSR count). The highest BCUT2D eigenvalue weighted by Crippen LogP contribution is 2.40. The van der Waals surface area contributed by atoms with Gasteiger partial charge in [-0.2, -0.15) is 0 Å². The molecule has 3 atom stereocenters. The van der Waals surface area contributed by atoms with E-state index in [9.17, 15) is 0 Å². The molecule has 0 radical (unpaired) electrons. The van der Waals surface area contributed by atoms with Gasteiger partial charge in [-0.1, -0.05) is 6.07 Å². The number of fused-ring (bicyclic) bond motifs is 3. The first-order valence-corrected chi connectivity index (χ1v) is 6.43. The van der Waals surface area contributed by atoms with Gasteiger partial charge in [0.25, 0.3) is 0 Å². The van der Waals surface area contributed by atoms with E-state index in [-0.39, 0.29) is 0 Å². The Morgan fingerprint density at radius 1 is 1.35 bits per heavy atom. The van der Waals surface area contributed by atoms with Gasteiger partial charge in [0.15, 0.2) is 11.5 Å². The highest BCUT2D eigenvalue weighted by molar-refractivity contribution is 5.73. The standard InChI is InChI=1S/C14H16N2O/c1-8-2-5-13-12(6-8)16-14(17-13)10-7-9-3-4-11(10)15-9/h2,5-6,9-11,15H,3-4,7H2,1H3. The lowest BCUT2D eigenvalue weighted by Crippen LogP contribution is -2.21. The van der Waals surface area contributed by atoms with Crippen molar-refractivity contribution in [3.63, 3.8) is 0 Å². The minimum atomic E-state index is 0.487. The fraction of sp³-hybridized carbons (Fsp3) is 0.500. The van der Waals surface area contributed by atoms with E-state index in [0.717, 1.165) is 17.0 Å². The summed E-state index contributed by atoms with van der Waals surface area (Å²) in [5, 5.41) is 3.63. The highest BCUT2D eigenvalue weighted by atomic mass is 16.3. The summed E-state index contributed by atoms with van der Waals surface area (Å²) in [5.74, 6) is 1.42. The van der Waals surface area contributed by atoms with Crippen LogP contribution in [0, 0.1) is 6.92 Å². The van der Waals surface area contributed by atoms with Crippen molar-refractivity contribution < 1.29 is 4.42 Å². The van der Waals surface area contributed by atoms with Gasteiger partial charge in [0, 0.05) is 12.1 Å². The molecule has 0 aliphatic carbocycles. The third-order valence-electron chi connectivity index (χ3n) is 4.18. The molecule has 3 unspecified atom stereocenters. The van der Waals surface area contributed by atoms with Crippen LogP contribution in [-0.2, 0) is 0 Å². The van der Waals surface area contributed by atoms with Crippen LogP contribution in [0.25, 0.3) is 11.1 Å². The molecule has 2 bridgehead atoms. The number of nitrogens with zero attached hydrogens (tertiary/aromatic N) is 1. The Hall–Kier alpha value is -1.35. The number of oxazole rings is 1. The molecule has 2 fully saturated rings. The van der Waals surface area contributed by atoms with Crippen molar-refractivity contribution in [2.24, 2.45) is 0 Å². The number of aryl methyl sites for hydroxylation is 1. The van der Waals surface area contributed by atoms with Gasteiger partial charge < -0.3 is 9.73 Å². The van der Waals surface area contributed by atoms with Crippen LogP contribution >= 0.6 is 0 Å². The van der Waals surface area contributed by atoms with Crippen LogP contribution in [0.2, 0.25) is 0 Å². The molecule has 2 aliphatic heterocycles. The predicted octanol–water partition coefficient (Wildman–Crippen LogP) is 2.74. The maximum Gasteiger partial charge on any atom is 0.200 e. The predicted molar refractivity (Wildman–Crippen MR) is 66.0 cm³/mol. The van der Waals surface area contributed by atoms with Crippen molar-refractivity contribution in [1.29, 1.82) is 0 Å². The molecule has 1 aromatic heterocycles. The quantitative estimate of drug-likeness (QED) is 0.815. The lowest BCUT2D eigenvalue weighted by molar-refractivity contribution is 0.408. The zero-order valence-corrected chi connectivity index (χ0v) is 9.94. The Morgan fingerprint density at radius 3 is 3.06 bits per heavy atom. The summed E-state index contributed by atoms with van der Waals surface area (Å²) in [6, 6.07) is 7.50. The average molecular weight is 228 g/mol. The first kappa shape index (κ1) is 9.66. The second-order valence-corrected chi connectivity index (χ2v) is 5.41. The Bertz CT molecular complexity index is 575. The summed E-state index contributed by atoms with van der Waals surface area (Å²) < 4.78 is 5.91. The second-order valence-electron chi connectivity index (χ2n) is 5.41. The van der Waals surface area contributed by atoms with Crippen molar-refractivity contribution in [2.45, 2.75) is 44.2 Å². The third-order valence-corrected chi connectivity index (χ3v) is 4.18. The smallest absolute Gasteiger partial charge is 0.200 e. The molecule has 0 saturated carbocycles. The van der Waals surface area contributed by atoms with Gasteiger partial charge >= 0.3 is 0 Å². The molecule has 3 nitrogen and oxygen atoms in total. The summed E-state index contributed by atoms with van der Waals surface area (Å²) in [6.45, 7) is 2.09. The highest BCUT2D eigenvalue weighted by Gasteiger charge is 2.42. The summed E-state index contributed by atoms with van der Waals surface area (Å²) in [6.07, 6.45) is 3.78. The Morgan fingerprint density at radius 2 is 2.29 bits per heavy atom. The van der Waals surface area contributed by atoms with Crippen LogP contribution < -0.4 is 5.32 Å². The molecule has 3 heteroatoms. The maximum absolute atomic E-state index is 5.91. The summed E-state index contributed by atoms with van der Waals surface area (Å²) in [4.78, 5) is 4.67. The molecule has 1 N–H and O–H groups in total. The molecule has 2 aliphatic rings. The van der Waals surface area contributed by atoms with Crippen molar-refractivity contribution in [3.8, 4) is 0 Å². The number of nitrogens with one attached hydrogen (secondary N) is 1. The minimum absolute atomic E-state index is 0.487. The monoisotopic (exact) mass is 228 g/mol.